The molecule has 2 saturated carbocycles. The summed E-state index contributed by atoms with van der Waals surface area (Å²) in [7, 11) is 0. The molecule has 3 N–H and O–H groups in total. The van der Waals surface area contributed by atoms with Crippen molar-refractivity contribution in [1.82, 2.24) is 0 Å². The number of nitrogens with two attached hydrogens (primary N) is 1. The highest BCUT2D eigenvalue weighted by Gasteiger charge is 2.60. The van der Waals surface area contributed by atoms with Crippen molar-refractivity contribution in [2.24, 2.45) is 40.2 Å². The molecule has 1 amide bonds. The lowest BCUT2D eigenvalue weighted by Crippen LogP contribution is -2.51. The Hall–Kier alpha value is -1.69. The van der Waals surface area contributed by atoms with Crippen molar-refractivity contribution in [3.63, 3.8) is 0 Å². The largest absolute Gasteiger partial charge is 0.382 e. The lowest BCUT2D eigenvalue weighted by atomic mass is 9.48. The average molecular weight is 360 g/mol. The van der Waals surface area contributed by atoms with Gasteiger partial charge in [-0.3, -0.25) is 14.9 Å². The summed E-state index contributed by atoms with van der Waals surface area (Å²) in [6.45, 7) is 4.35. The van der Waals surface area contributed by atoms with Gasteiger partial charge in [0.15, 0.2) is 0 Å². The first-order chi connectivity index (χ1) is 12.2. The Labute approximate surface area is 153 Å². The third-order valence-corrected chi connectivity index (χ3v) is 8.32. The fourth-order valence-corrected chi connectivity index (χ4v) is 6.94. The van der Waals surface area contributed by atoms with E-state index in [1.165, 1.54) is 0 Å². The van der Waals surface area contributed by atoms with Crippen molar-refractivity contribution in [3.05, 3.63) is 33.5 Å². The monoisotopic (exact) mass is 360 g/mol. The van der Waals surface area contributed by atoms with Crippen molar-refractivity contribution >= 4 is 5.91 Å². The lowest BCUT2D eigenvalue weighted by molar-refractivity contribution is -0.439. The molecule has 7 unspecified atom stereocenters. The zero-order valence-electron chi connectivity index (χ0n) is 15.5. The maximum atomic E-state index is 12.0. The van der Waals surface area contributed by atoms with Crippen molar-refractivity contribution < 1.29 is 14.8 Å². The Bertz CT molecular complexity index is 729. The quantitative estimate of drug-likeness (QED) is 0.583. The van der Waals surface area contributed by atoms with Gasteiger partial charge >= 0.3 is 0 Å². The third-order valence-electron chi connectivity index (χ3n) is 8.32. The van der Waals surface area contributed by atoms with Crippen LogP contribution in [0.3, 0.4) is 0 Å². The highest BCUT2D eigenvalue weighted by Crippen LogP contribution is 2.65. The Kier molecular flexibility index (Phi) is 3.85. The van der Waals surface area contributed by atoms with Crippen LogP contribution in [0, 0.1) is 44.6 Å². The maximum absolute atomic E-state index is 12.0. The SMILES string of the molecule is CC12CCC(O)C([N+](=O)[O-])=C1C=CC1C2CCC2(C)C(C(N)=O)CCC12. The summed E-state index contributed by atoms with van der Waals surface area (Å²) in [6.07, 6.45) is 8.02. The summed E-state index contributed by atoms with van der Waals surface area (Å²) in [5.41, 5.74) is 6.07. The highest BCUT2D eigenvalue weighted by atomic mass is 16.6. The molecule has 26 heavy (non-hydrogen) atoms. The average Bonchev–Trinajstić information content (AvgIpc) is 2.92. The lowest BCUT2D eigenvalue weighted by Gasteiger charge is -2.55. The van der Waals surface area contributed by atoms with Gasteiger partial charge in [0.25, 0.3) is 5.70 Å². The molecule has 0 bridgehead atoms. The second-order valence-electron chi connectivity index (χ2n) is 9.25. The molecule has 4 aliphatic rings. The van der Waals surface area contributed by atoms with E-state index < -0.39 is 11.0 Å². The number of carbonyl (C=O) groups is 1. The zero-order chi connectivity index (χ0) is 18.9. The van der Waals surface area contributed by atoms with Crippen LogP contribution in [0.5, 0.6) is 0 Å². The molecule has 4 aliphatic carbocycles. The molecule has 0 aromatic heterocycles. The first-order valence-corrected chi connectivity index (χ1v) is 9.75. The number of fused-ring (bicyclic) bond motifs is 5. The standard InChI is InChI=1S/C20H28N2O4/c1-19-10-8-16(23)17(22(25)26)14(19)4-3-11-12-5-6-15(18(21)24)20(12,2)9-7-13(11)19/h3-4,11-13,15-16,23H,5-10H2,1-2H3,(H2,21,24). The molecular weight excluding hydrogens is 332 g/mol. The molecular formula is C20H28N2O4. The van der Waals surface area contributed by atoms with Gasteiger partial charge in [-0.2, -0.15) is 0 Å². The molecule has 0 heterocycles. The number of allylic oxidation sites excluding steroid dienone is 3. The van der Waals surface area contributed by atoms with E-state index in [-0.39, 0.29) is 28.4 Å². The van der Waals surface area contributed by atoms with Gasteiger partial charge in [0.1, 0.15) is 6.10 Å². The van der Waals surface area contributed by atoms with E-state index in [0.29, 0.717) is 24.2 Å². The third kappa shape index (κ3) is 2.17. The van der Waals surface area contributed by atoms with E-state index in [0.717, 1.165) is 37.7 Å². The van der Waals surface area contributed by atoms with Gasteiger partial charge in [-0.05, 0) is 61.7 Å². The number of primary amides is 1. The van der Waals surface area contributed by atoms with Crippen LogP contribution in [0.2, 0.25) is 0 Å². The topological polar surface area (TPSA) is 106 Å². The minimum atomic E-state index is -0.978. The predicted octanol–water partition coefficient (Wildman–Crippen LogP) is 2.79. The summed E-state index contributed by atoms with van der Waals surface area (Å²) < 4.78 is 0. The molecule has 0 aromatic rings. The number of hydrogen-bond donors (Lipinski definition) is 2. The van der Waals surface area contributed by atoms with Gasteiger partial charge in [0.05, 0.1) is 4.92 Å². The smallest absolute Gasteiger partial charge is 0.278 e. The number of rotatable bonds is 2. The fraction of sp³-hybridized carbons (Fsp3) is 0.750. The van der Waals surface area contributed by atoms with Crippen LogP contribution in [-0.4, -0.2) is 22.0 Å². The van der Waals surface area contributed by atoms with Crippen molar-refractivity contribution in [2.45, 2.75) is 58.5 Å². The first kappa shape index (κ1) is 17.7. The highest BCUT2D eigenvalue weighted by molar-refractivity contribution is 5.78. The van der Waals surface area contributed by atoms with Crippen molar-refractivity contribution in [2.75, 3.05) is 0 Å². The molecule has 0 aromatic carbocycles. The van der Waals surface area contributed by atoms with Crippen LogP contribution in [0.15, 0.2) is 23.4 Å². The predicted molar refractivity (Wildman–Crippen MR) is 96.2 cm³/mol. The van der Waals surface area contributed by atoms with Crippen LogP contribution in [0.4, 0.5) is 0 Å². The van der Waals surface area contributed by atoms with E-state index in [1.54, 1.807) is 0 Å². The van der Waals surface area contributed by atoms with Crippen molar-refractivity contribution in [1.29, 1.82) is 0 Å². The van der Waals surface area contributed by atoms with Gasteiger partial charge in [0.2, 0.25) is 5.91 Å². The molecule has 6 heteroatoms. The van der Waals surface area contributed by atoms with Gasteiger partial charge in [0, 0.05) is 16.9 Å². The van der Waals surface area contributed by atoms with Gasteiger partial charge in [-0.25, -0.2) is 0 Å². The van der Waals surface area contributed by atoms with Crippen molar-refractivity contribution in [3.8, 4) is 0 Å². The summed E-state index contributed by atoms with van der Waals surface area (Å²) >= 11 is 0. The summed E-state index contributed by atoms with van der Waals surface area (Å²) in [6, 6.07) is 0. The van der Waals surface area contributed by atoms with E-state index in [9.17, 15) is 20.0 Å². The van der Waals surface area contributed by atoms with E-state index >= 15 is 0 Å². The number of nitrogens with zero attached hydrogens (tertiary/aromatic N) is 1. The molecule has 0 saturated heterocycles. The van der Waals surface area contributed by atoms with Gasteiger partial charge < -0.3 is 10.8 Å². The number of aliphatic hydroxyl groups excluding tert-OH is 1. The summed E-state index contributed by atoms with van der Waals surface area (Å²) in [4.78, 5) is 23.1. The first-order valence-electron chi connectivity index (χ1n) is 9.75. The van der Waals surface area contributed by atoms with Crippen LogP contribution < -0.4 is 5.73 Å². The van der Waals surface area contributed by atoms with E-state index in [4.69, 9.17) is 5.73 Å². The second kappa shape index (κ2) is 5.65. The molecule has 6 nitrogen and oxygen atoms in total. The Morgan fingerprint density at radius 3 is 2.62 bits per heavy atom. The minimum absolute atomic E-state index is 0.0109. The molecule has 0 aliphatic heterocycles. The number of hydrogen-bond acceptors (Lipinski definition) is 4. The molecule has 142 valence electrons. The maximum Gasteiger partial charge on any atom is 0.278 e. The molecule has 4 rings (SSSR count). The van der Waals surface area contributed by atoms with Gasteiger partial charge in [-0.1, -0.05) is 26.0 Å². The molecule has 2 fully saturated rings. The van der Waals surface area contributed by atoms with Crippen LogP contribution in [-0.2, 0) is 4.79 Å². The fourth-order valence-electron chi connectivity index (χ4n) is 6.94. The second-order valence-corrected chi connectivity index (χ2v) is 9.25. The molecule has 0 spiro atoms. The summed E-state index contributed by atoms with van der Waals surface area (Å²) in [5.74, 6) is 0.814. The Morgan fingerprint density at radius 2 is 1.96 bits per heavy atom. The Balaban J connectivity index is 1.77. The molecule has 0 radical (unpaired) electrons. The number of nitro groups is 1. The normalized spacial score (nSPS) is 47.1. The van der Waals surface area contributed by atoms with Crippen LogP contribution in [0.25, 0.3) is 0 Å². The Morgan fingerprint density at radius 1 is 1.23 bits per heavy atom. The number of carbonyl (C=O) groups excluding carboxylic acids is 1. The minimum Gasteiger partial charge on any atom is -0.382 e. The number of aliphatic hydroxyl groups is 1. The van der Waals surface area contributed by atoms with Crippen LogP contribution >= 0.6 is 0 Å². The zero-order valence-corrected chi connectivity index (χ0v) is 15.5. The van der Waals surface area contributed by atoms with Crippen LogP contribution in [0.1, 0.15) is 52.4 Å². The number of amides is 1. The summed E-state index contributed by atoms with van der Waals surface area (Å²) in [5, 5.41) is 21.8. The van der Waals surface area contributed by atoms with Gasteiger partial charge in [-0.15, -0.1) is 0 Å². The van der Waals surface area contributed by atoms with E-state index in [1.807, 2.05) is 6.08 Å². The molecule has 7 atom stereocenters. The van der Waals surface area contributed by atoms with E-state index in [2.05, 4.69) is 19.9 Å².